The summed E-state index contributed by atoms with van der Waals surface area (Å²) in [4.78, 5) is 35.4. The summed E-state index contributed by atoms with van der Waals surface area (Å²) in [5.74, 6) is -0.0647. The third-order valence-electron chi connectivity index (χ3n) is 4.63. The molecule has 0 bridgehead atoms. The van der Waals surface area contributed by atoms with Crippen molar-refractivity contribution in [3.05, 3.63) is 50.0 Å². The number of nitrogens with zero attached hydrogens (tertiary/aromatic N) is 4. The number of hydrogen-bond donors (Lipinski definition) is 1. The Morgan fingerprint density at radius 3 is 3.00 bits per heavy atom. The molecule has 0 radical (unpaired) electrons. The Kier molecular flexibility index (Phi) is 3.49. The summed E-state index contributed by atoms with van der Waals surface area (Å²) in [7, 11) is 0. The molecule has 24 heavy (non-hydrogen) atoms. The maximum Gasteiger partial charge on any atom is 0.275 e. The Labute approximate surface area is 142 Å². The van der Waals surface area contributed by atoms with Gasteiger partial charge in [-0.3, -0.25) is 14.7 Å². The predicted octanol–water partition coefficient (Wildman–Crippen LogP) is 2.07. The first-order chi connectivity index (χ1) is 11.6. The topological polar surface area (TPSA) is 83.4 Å². The van der Waals surface area contributed by atoms with Crippen LogP contribution in [0.25, 0.3) is 5.65 Å². The minimum atomic E-state index is -0.0980. The van der Waals surface area contributed by atoms with Crippen molar-refractivity contribution in [3.63, 3.8) is 0 Å². The summed E-state index contributed by atoms with van der Waals surface area (Å²) >= 11 is 1.41. The van der Waals surface area contributed by atoms with Crippen LogP contribution in [-0.2, 0) is 0 Å². The van der Waals surface area contributed by atoms with E-state index in [1.54, 1.807) is 17.8 Å². The monoisotopic (exact) mass is 343 g/mol. The van der Waals surface area contributed by atoms with Crippen LogP contribution in [0.1, 0.15) is 46.3 Å². The number of aryl methyl sites for hydroxylation is 1. The molecule has 1 saturated heterocycles. The van der Waals surface area contributed by atoms with Gasteiger partial charge in [0.15, 0.2) is 5.65 Å². The highest BCUT2D eigenvalue weighted by Crippen LogP contribution is 2.32. The van der Waals surface area contributed by atoms with Crippen molar-refractivity contribution in [3.8, 4) is 0 Å². The minimum Gasteiger partial charge on any atom is -0.329 e. The second kappa shape index (κ2) is 5.55. The number of amides is 1. The molecule has 0 saturated carbocycles. The van der Waals surface area contributed by atoms with Crippen molar-refractivity contribution in [1.29, 1.82) is 0 Å². The Balaban J connectivity index is 1.75. The van der Waals surface area contributed by atoms with Gasteiger partial charge in [-0.05, 0) is 26.7 Å². The second-order valence-electron chi connectivity index (χ2n) is 6.06. The van der Waals surface area contributed by atoms with Gasteiger partial charge in [0.25, 0.3) is 11.5 Å². The molecule has 1 amide bonds. The third kappa shape index (κ3) is 2.25. The van der Waals surface area contributed by atoms with E-state index in [0.29, 0.717) is 23.4 Å². The van der Waals surface area contributed by atoms with Crippen molar-refractivity contribution in [2.24, 2.45) is 0 Å². The Bertz CT molecular complexity index is 972. The van der Waals surface area contributed by atoms with Crippen LogP contribution in [0, 0.1) is 13.8 Å². The lowest BCUT2D eigenvalue weighted by Gasteiger charge is -2.22. The average molecular weight is 343 g/mol. The van der Waals surface area contributed by atoms with Crippen molar-refractivity contribution < 1.29 is 4.79 Å². The maximum absolute atomic E-state index is 12.7. The molecule has 4 rings (SSSR count). The van der Waals surface area contributed by atoms with Gasteiger partial charge in [-0.15, -0.1) is 11.3 Å². The molecular formula is C16H17N5O2S. The van der Waals surface area contributed by atoms with Crippen LogP contribution in [0.5, 0.6) is 0 Å². The molecule has 1 N–H and O–H groups in total. The molecule has 1 atom stereocenters. The van der Waals surface area contributed by atoms with Crippen LogP contribution in [0.3, 0.4) is 0 Å². The fraction of sp³-hybridized carbons (Fsp3) is 0.375. The number of thiazole rings is 1. The number of likely N-dealkylation sites (tertiary alicyclic amines) is 1. The number of aromatic amines is 1. The van der Waals surface area contributed by atoms with Gasteiger partial charge in [-0.1, -0.05) is 0 Å². The van der Waals surface area contributed by atoms with Gasteiger partial charge in [0.05, 0.1) is 17.2 Å². The van der Waals surface area contributed by atoms with Crippen LogP contribution in [0.2, 0.25) is 0 Å². The molecule has 3 aromatic rings. The first-order valence-corrected chi connectivity index (χ1v) is 8.78. The van der Waals surface area contributed by atoms with Crippen LogP contribution in [0.4, 0.5) is 0 Å². The van der Waals surface area contributed by atoms with Crippen LogP contribution < -0.4 is 5.56 Å². The number of fused-ring (bicyclic) bond motifs is 1. The van der Waals surface area contributed by atoms with Gasteiger partial charge in [-0.2, -0.15) is 0 Å². The van der Waals surface area contributed by atoms with Crippen molar-refractivity contribution in [2.75, 3.05) is 6.54 Å². The zero-order valence-electron chi connectivity index (χ0n) is 13.4. The normalized spacial score (nSPS) is 17.8. The number of rotatable bonds is 2. The first-order valence-electron chi connectivity index (χ1n) is 7.84. The minimum absolute atomic E-state index is 0.0647. The number of hydrogen-bond acceptors (Lipinski definition) is 5. The molecule has 0 aromatic carbocycles. The lowest BCUT2D eigenvalue weighted by Crippen LogP contribution is -2.31. The first kappa shape index (κ1) is 15.1. The summed E-state index contributed by atoms with van der Waals surface area (Å²) in [6, 6.07) is 1.78. The van der Waals surface area contributed by atoms with Crippen LogP contribution >= 0.6 is 11.3 Å². The van der Waals surface area contributed by atoms with Gasteiger partial charge in [0.1, 0.15) is 5.69 Å². The van der Waals surface area contributed by atoms with E-state index in [-0.39, 0.29) is 17.5 Å². The molecule has 1 aliphatic heterocycles. The van der Waals surface area contributed by atoms with Gasteiger partial charge >= 0.3 is 0 Å². The molecule has 0 unspecified atom stereocenters. The molecule has 0 spiro atoms. The summed E-state index contributed by atoms with van der Waals surface area (Å²) in [5, 5.41) is 4.90. The zero-order valence-corrected chi connectivity index (χ0v) is 14.3. The summed E-state index contributed by atoms with van der Waals surface area (Å²) in [6.07, 6.45) is 1.78. The maximum atomic E-state index is 12.7. The van der Waals surface area contributed by atoms with Gasteiger partial charge < -0.3 is 4.90 Å². The van der Waals surface area contributed by atoms with E-state index in [1.807, 2.05) is 17.9 Å². The van der Waals surface area contributed by atoms with E-state index >= 15 is 0 Å². The SMILES string of the molecule is Cc1nc2cc([C@H]3CCCN3C(=O)c3cscn3)[nH]n2c(=O)c1C. The quantitative estimate of drug-likeness (QED) is 0.772. The molecule has 3 aromatic heterocycles. The highest BCUT2D eigenvalue weighted by atomic mass is 32.1. The van der Waals surface area contributed by atoms with Gasteiger partial charge in [-0.25, -0.2) is 14.5 Å². The Morgan fingerprint density at radius 1 is 1.42 bits per heavy atom. The predicted molar refractivity (Wildman–Crippen MR) is 90.4 cm³/mol. The van der Waals surface area contributed by atoms with Crippen LogP contribution in [-0.4, -0.2) is 36.9 Å². The molecule has 4 heterocycles. The molecular weight excluding hydrogens is 326 g/mol. The Morgan fingerprint density at radius 2 is 2.25 bits per heavy atom. The van der Waals surface area contributed by atoms with Gasteiger partial charge in [0, 0.05) is 29.2 Å². The molecule has 124 valence electrons. The summed E-state index contributed by atoms with van der Waals surface area (Å²) in [5.41, 5.74) is 4.83. The zero-order chi connectivity index (χ0) is 16.8. The molecule has 0 aliphatic carbocycles. The standard InChI is InChI=1S/C16H17N5O2S/c1-9-10(2)18-14-6-11(19-21(14)15(9)22)13-4-3-5-20(13)16(23)12-7-24-8-17-12/h6-8,13,19H,3-5H2,1-2H3/t13-/m1/s1. The average Bonchev–Trinajstić information content (AvgIpc) is 3.30. The lowest BCUT2D eigenvalue weighted by molar-refractivity contribution is 0.0727. The highest BCUT2D eigenvalue weighted by molar-refractivity contribution is 7.07. The Hall–Kier alpha value is -2.48. The number of aromatic nitrogens is 4. The number of nitrogens with one attached hydrogen (secondary N) is 1. The highest BCUT2D eigenvalue weighted by Gasteiger charge is 2.32. The summed E-state index contributed by atoms with van der Waals surface area (Å²) < 4.78 is 1.46. The molecule has 8 heteroatoms. The number of carbonyl (C=O) groups is 1. The number of carbonyl (C=O) groups excluding carboxylic acids is 1. The lowest BCUT2D eigenvalue weighted by atomic mass is 10.1. The summed E-state index contributed by atoms with van der Waals surface area (Å²) in [6.45, 7) is 4.29. The fourth-order valence-electron chi connectivity index (χ4n) is 3.21. The van der Waals surface area contributed by atoms with E-state index in [2.05, 4.69) is 15.1 Å². The molecule has 1 aliphatic rings. The van der Waals surface area contributed by atoms with E-state index < -0.39 is 0 Å². The smallest absolute Gasteiger partial charge is 0.275 e. The second-order valence-corrected chi connectivity index (χ2v) is 6.78. The van der Waals surface area contributed by atoms with E-state index in [4.69, 9.17) is 0 Å². The molecule has 7 nitrogen and oxygen atoms in total. The largest absolute Gasteiger partial charge is 0.329 e. The van der Waals surface area contributed by atoms with Crippen molar-refractivity contribution in [2.45, 2.75) is 32.7 Å². The van der Waals surface area contributed by atoms with E-state index in [0.717, 1.165) is 24.2 Å². The fourth-order valence-corrected chi connectivity index (χ4v) is 3.73. The number of H-pyrrole nitrogens is 1. The van der Waals surface area contributed by atoms with Gasteiger partial charge in [0.2, 0.25) is 0 Å². The van der Waals surface area contributed by atoms with Crippen LogP contribution in [0.15, 0.2) is 21.8 Å². The van der Waals surface area contributed by atoms with E-state index in [9.17, 15) is 9.59 Å². The van der Waals surface area contributed by atoms with Crippen molar-refractivity contribution >= 4 is 22.9 Å². The van der Waals surface area contributed by atoms with Crippen molar-refractivity contribution in [1.82, 2.24) is 24.5 Å². The third-order valence-corrected chi connectivity index (χ3v) is 5.21. The molecule has 1 fully saturated rings. The van der Waals surface area contributed by atoms with E-state index in [1.165, 1.54) is 15.9 Å².